The zero-order valence-electron chi connectivity index (χ0n) is 11.3. The van der Waals surface area contributed by atoms with Gasteiger partial charge in [0.2, 0.25) is 0 Å². The molecule has 0 atom stereocenters. The molecule has 0 amide bonds. The lowest BCUT2D eigenvalue weighted by molar-refractivity contribution is -0.0328. The molecule has 0 aromatic heterocycles. The average Bonchev–Trinajstić information content (AvgIpc) is 2.42. The van der Waals surface area contributed by atoms with Crippen molar-refractivity contribution >= 4 is 39.6 Å². The molecule has 0 heterocycles. The summed E-state index contributed by atoms with van der Waals surface area (Å²) < 4.78 is 46.2. The largest absolute Gasteiger partial charge is 0.456 e. The van der Waals surface area contributed by atoms with Crippen LogP contribution in [-0.2, 0) is 0 Å². The van der Waals surface area contributed by atoms with Crippen LogP contribution in [0.3, 0.4) is 0 Å². The summed E-state index contributed by atoms with van der Waals surface area (Å²) in [6.07, 6.45) is 0. The van der Waals surface area contributed by atoms with Gasteiger partial charge in [-0.2, -0.15) is 13.2 Å². The number of halogens is 4. The van der Waals surface area contributed by atoms with Crippen LogP contribution in [0.2, 0.25) is 0 Å². The molecule has 118 valence electrons. The molecule has 2 aromatic carbocycles. The first-order valence-corrected chi connectivity index (χ1v) is 8.47. The molecule has 0 saturated heterocycles. The summed E-state index contributed by atoms with van der Waals surface area (Å²) in [5.74, 6) is 1.07. The van der Waals surface area contributed by atoms with Crippen molar-refractivity contribution in [3.8, 4) is 11.5 Å². The van der Waals surface area contributed by atoms with Gasteiger partial charge in [0.15, 0.2) is 0 Å². The minimum absolute atomic E-state index is 0.125. The van der Waals surface area contributed by atoms with Crippen molar-refractivity contribution in [1.82, 2.24) is 4.72 Å². The van der Waals surface area contributed by atoms with Gasteiger partial charge in [0, 0.05) is 9.79 Å². The van der Waals surface area contributed by atoms with Crippen molar-refractivity contribution in [2.75, 3.05) is 7.05 Å². The Morgan fingerprint density at radius 1 is 1.05 bits per heavy atom. The topological polar surface area (TPSA) is 21.3 Å². The number of benzene rings is 2. The third-order valence-corrected chi connectivity index (χ3v) is 4.46. The van der Waals surface area contributed by atoms with Gasteiger partial charge in [0.25, 0.3) is 0 Å². The lowest BCUT2D eigenvalue weighted by atomic mass is 10.3. The van der Waals surface area contributed by atoms with Gasteiger partial charge in [0.05, 0.1) is 4.47 Å². The third kappa shape index (κ3) is 5.42. The summed E-state index contributed by atoms with van der Waals surface area (Å²) in [6, 6.07) is 11.4. The van der Waals surface area contributed by atoms with Crippen LogP contribution < -0.4 is 9.46 Å². The number of alkyl halides is 3. The van der Waals surface area contributed by atoms with Crippen LogP contribution in [0.4, 0.5) is 13.2 Å². The molecule has 0 fully saturated rings. The van der Waals surface area contributed by atoms with E-state index in [4.69, 9.17) is 4.74 Å². The Hall–Kier alpha value is -0.830. The number of thioether (sulfide) groups is 1. The Labute approximate surface area is 143 Å². The first-order valence-electron chi connectivity index (χ1n) is 6.04. The van der Waals surface area contributed by atoms with E-state index in [0.717, 1.165) is 9.37 Å². The zero-order valence-corrected chi connectivity index (χ0v) is 14.5. The van der Waals surface area contributed by atoms with Gasteiger partial charge in [0.1, 0.15) is 11.5 Å². The number of rotatable bonds is 5. The van der Waals surface area contributed by atoms with E-state index in [1.54, 1.807) is 6.07 Å². The molecule has 0 bridgehead atoms. The van der Waals surface area contributed by atoms with Crippen molar-refractivity contribution < 1.29 is 17.9 Å². The predicted molar refractivity (Wildman–Crippen MR) is 87.5 cm³/mol. The number of hydrogen-bond acceptors (Lipinski definition) is 4. The molecule has 0 unspecified atom stereocenters. The summed E-state index contributed by atoms with van der Waals surface area (Å²) in [5, 5.41) is 0. The normalized spacial score (nSPS) is 11.5. The highest BCUT2D eigenvalue weighted by Gasteiger charge is 2.29. The zero-order chi connectivity index (χ0) is 16.2. The van der Waals surface area contributed by atoms with Crippen LogP contribution in [0, 0.1) is 0 Å². The van der Waals surface area contributed by atoms with E-state index in [0.29, 0.717) is 11.5 Å². The summed E-state index contributed by atoms with van der Waals surface area (Å²) in [6.45, 7) is 0. The highest BCUT2D eigenvalue weighted by Crippen LogP contribution is 2.38. The summed E-state index contributed by atoms with van der Waals surface area (Å²) in [5.41, 5.74) is -4.29. The van der Waals surface area contributed by atoms with Crippen molar-refractivity contribution in [3.05, 3.63) is 46.9 Å². The monoisotopic (exact) mass is 409 g/mol. The van der Waals surface area contributed by atoms with Gasteiger partial charge in [-0.25, -0.2) is 0 Å². The van der Waals surface area contributed by atoms with Gasteiger partial charge in [-0.1, -0.05) is 0 Å². The molecule has 2 nitrogen and oxygen atoms in total. The SMILES string of the molecule is CNSc1ccc(Oc2ccc(SC(F)(F)F)cc2)c(Br)c1. The van der Waals surface area contributed by atoms with E-state index in [-0.39, 0.29) is 16.7 Å². The van der Waals surface area contributed by atoms with Crippen LogP contribution in [0.1, 0.15) is 0 Å². The maximum Gasteiger partial charge on any atom is 0.446 e. The Kier molecular flexibility index (Phi) is 6.08. The highest BCUT2D eigenvalue weighted by molar-refractivity contribution is 9.10. The van der Waals surface area contributed by atoms with Crippen LogP contribution in [0.5, 0.6) is 11.5 Å². The van der Waals surface area contributed by atoms with Crippen molar-refractivity contribution in [1.29, 1.82) is 0 Å². The molecular formula is C14H11BrF3NOS2. The smallest absolute Gasteiger partial charge is 0.446 e. The van der Waals surface area contributed by atoms with Crippen molar-refractivity contribution in [2.24, 2.45) is 0 Å². The number of ether oxygens (including phenoxy) is 1. The molecule has 0 aliphatic heterocycles. The van der Waals surface area contributed by atoms with Crippen LogP contribution in [-0.4, -0.2) is 12.6 Å². The Morgan fingerprint density at radius 3 is 2.23 bits per heavy atom. The van der Waals surface area contributed by atoms with E-state index in [2.05, 4.69) is 20.7 Å². The minimum Gasteiger partial charge on any atom is -0.456 e. The standard InChI is InChI=1S/C14H11BrF3NOS2/c1-19-22-11-6-7-13(12(15)8-11)20-9-2-4-10(5-3-9)21-14(16,17)18/h2-8,19H,1H3. The second-order valence-corrected chi connectivity index (χ2v) is 7.10. The molecular weight excluding hydrogens is 399 g/mol. The Bertz CT molecular complexity index is 635. The molecule has 1 N–H and O–H groups in total. The van der Waals surface area contributed by atoms with E-state index in [9.17, 15) is 13.2 Å². The molecule has 2 rings (SSSR count). The fraction of sp³-hybridized carbons (Fsp3) is 0.143. The van der Waals surface area contributed by atoms with E-state index in [1.165, 1.54) is 36.2 Å². The first kappa shape index (κ1) is 17.5. The summed E-state index contributed by atoms with van der Waals surface area (Å²) >= 11 is 4.73. The van der Waals surface area contributed by atoms with Gasteiger partial charge in [-0.15, -0.1) is 0 Å². The minimum atomic E-state index is -4.29. The van der Waals surface area contributed by atoms with Crippen LogP contribution >= 0.6 is 39.6 Å². The van der Waals surface area contributed by atoms with E-state index in [1.807, 2.05) is 19.2 Å². The van der Waals surface area contributed by atoms with E-state index >= 15 is 0 Å². The van der Waals surface area contributed by atoms with Crippen LogP contribution in [0.25, 0.3) is 0 Å². The van der Waals surface area contributed by atoms with Crippen LogP contribution in [0.15, 0.2) is 56.7 Å². The molecule has 0 spiro atoms. The molecule has 0 aliphatic rings. The molecule has 2 aromatic rings. The van der Waals surface area contributed by atoms with Gasteiger partial charge >= 0.3 is 5.51 Å². The predicted octanol–water partition coefficient (Wildman–Crippen LogP) is 6.08. The lowest BCUT2D eigenvalue weighted by Gasteiger charge is -2.10. The summed E-state index contributed by atoms with van der Waals surface area (Å²) in [4.78, 5) is 1.14. The molecule has 0 aliphatic carbocycles. The second-order valence-electron chi connectivity index (χ2n) is 4.02. The van der Waals surface area contributed by atoms with Crippen molar-refractivity contribution in [3.63, 3.8) is 0 Å². The molecule has 22 heavy (non-hydrogen) atoms. The molecule has 0 radical (unpaired) electrons. The second kappa shape index (κ2) is 7.63. The van der Waals surface area contributed by atoms with Gasteiger partial charge in [-0.3, -0.25) is 4.72 Å². The maximum absolute atomic E-state index is 12.3. The lowest BCUT2D eigenvalue weighted by Crippen LogP contribution is -1.98. The quantitative estimate of drug-likeness (QED) is 0.476. The van der Waals surface area contributed by atoms with Gasteiger partial charge in [-0.05, 0) is 89.2 Å². The first-order chi connectivity index (χ1) is 10.4. The van der Waals surface area contributed by atoms with E-state index < -0.39 is 5.51 Å². The number of hydrogen-bond donors (Lipinski definition) is 1. The Balaban J connectivity index is 2.07. The van der Waals surface area contributed by atoms with Gasteiger partial charge < -0.3 is 4.74 Å². The number of nitrogens with one attached hydrogen (secondary N) is 1. The third-order valence-electron chi connectivity index (χ3n) is 2.41. The maximum atomic E-state index is 12.3. The highest BCUT2D eigenvalue weighted by atomic mass is 79.9. The molecule has 0 saturated carbocycles. The molecule has 8 heteroatoms. The van der Waals surface area contributed by atoms with Crippen molar-refractivity contribution in [2.45, 2.75) is 15.3 Å². The summed E-state index contributed by atoms with van der Waals surface area (Å²) in [7, 11) is 1.82. The average molecular weight is 410 g/mol. The Morgan fingerprint density at radius 2 is 1.68 bits per heavy atom. The fourth-order valence-corrected chi connectivity index (χ4v) is 3.28. The fourth-order valence-electron chi connectivity index (χ4n) is 1.58.